The van der Waals surface area contributed by atoms with Crippen LogP contribution in [0.3, 0.4) is 0 Å². The van der Waals surface area contributed by atoms with Crippen molar-refractivity contribution in [1.82, 2.24) is 0 Å². The molecule has 72 heavy (non-hydrogen) atoms. The molecule has 0 saturated carbocycles. The van der Waals surface area contributed by atoms with E-state index in [9.17, 15) is 30.3 Å². The van der Waals surface area contributed by atoms with Crippen molar-refractivity contribution in [2.24, 2.45) is 0 Å². The monoisotopic (exact) mass is 936 g/mol. The van der Waals surface area contributed by atoms with Crippen molar-refractivity contribution in [3.8, 4) is 0 Å². The fourth-order valence-corrected chi connectivity index (χ4v) is 11.0. The molecular weight excluding hydrogens is 901 g/mol. The molecular formula is C60H36N6O6. The number of benzene rings is 13. The van der Waals surface area contributed by atoms with Gasteiger partial charge in [0.2, 0.25) is 17.1 Å². The van der Waals surface area contributed by atoms with Crippen LogP contribution in [0.15, 0.2) is 200 Å². The number of anilines is 6. The molecule has 0 aliphatic heterocycles. The van der Waals surface area contributed by atoms with Crippen LogP contribution in [0.2, 0.25) is 0 Å². The van der Waals surface area contributed by atoms with Crippen LogP contribution in [0.25, 0.3) is 97.0 Å². The van der Waals surface area contributed by atoms with E-state index in [2.05, 4.69) is 34.1 Å². The average Bonchev–Trinajstić information content (AvgIpc) is 3.41. The zero-order valence-electron chi connectivity index (χ0n) is 37.8. The lowest BCUT2D eigenvalue weighted by Gasteiger charge is -2.18. The maximum atomic E-state index is 13.7. The molecule has 12 nitrogen and oxygen atoms in total. The number of hydrogen-bond acceptors (Lipinski definition) is 9. The zero-order chi connectivity index (χ0) is 48.8. The molecule has 0 amide bonds. The van der Waals surface area contributed by atoms with Crippen LogP contribution in [0.5, 0.6) is 0 Å². The Kier molecular flexibility index (Phi) is 9.45. The lowest BCUT2D eigenvalue weighted by molar-refractivity contribution is -0.399. The van der Waals surface area contributed by atoms with E-state index in [0.717, 1.165) is 97.0 Å². The van der Waals surface area contributed by atoms with Gasteiger partial charge in [-0.2, -0.15) is 0 Å². The van der Waals surface area contributed by atoms with Crippen molar-refractivity contribution >= 4 is 148 Å². The molecule has 0 bridgehead atoms. The van der Waals surface area contributed by atoms with Crippen molar-refractivity contribution in [3.63, 3.8) is 0 Å². The van der Waals surface area contributed by atoms with E-state index in [-0.39, 0.29) is 17.1 Å². The van der Waals surface area contributed by atoms with Crippen molar-refractivity contribution in [3.05, 3.63) is 231 Å². The van der Waals surface area contributed by atoms with Gasteiger partial charge in [0, 0.05) is 17.1 Å². The quantitative estimate of drug-likeness (QED) is 0.0725. The van der Waals surface area contributed by atoms with E-state index < -0.39 is 48.9 Å². The summed E-state index contributed by atoms with van der Waals surface area (Å²) in [6.07, 6.45) is 0. The second kappa shape index (κ2) is 16.2. The van der Waals surface area contributed by atoms with Gasteiger partial charge in [-0.3, -0.25) is 30.3 Å². The van der Waals surface area contributed by atoms with Gasteiger partial charge < -0.3 is 16.0 Å². The number of nitro benzene ring substituents is 3. The number of hydrogen-bond donors (Lipinski definition) is 3. The summed E-state index contributed by atoms with van der Waals surface area (Å²) in [4.78, 5) is 38.8. The number of nitro groups is 3. The predicted molar refractivity (Wildman–Crippen MR) is 293 cm³/mol. The van der Waals surface area contributed by atoms with Crippen LogP contribution in [-0.2, 0) is 0 Å². The first-order valence-electron chi connectivity index (χ1n) is 23.2. The predicted octanol–water partition coefficient (Wildman–Crippen LogP) is 17.0. The molecule has 12 heteroatoms. The average molecular weight is 937 g/mol. The largest absolute Gasteiger partial charge is 0.344 e. The van der Waals surface area contributed by atoms with Crippen molar-refractivity contribution in [1.29, 1.82) is 0 Å². The SMILES string of the molecule is O=[N+]([O-])c1c(Nc2ccc3c4ccccc4c4ccccc4c3c2)c([N+](=O)[O-])c(Nc2ccc3c4ccccc4c4ccccc4c3c2)c([N+](=O)[O-])c1Nc1ccc2c3ccccc3c3ccccc3c2c1. The van der Waals surface area contributed by atoms with Crippen molar-refractivity contribution in [2.75, 3.05) is 16.0 Å². The lowest BCUT2D eigenvalue weighted by atomic mass is 9.94. The molecule has 13 rings (SSSR count). The Labute approximate surface area is 407 Å². The van der Waals surface area contributed by atoms with E-state index >= 15 is 0 Å². The van der Waals surface area contributed by atoms with Gasteiger partial charge in [0.25, 0.3) is 0 Å². The lowest BCUT2D eigenvalue weighted by Crippen LogP contribution is -2.11. The highest BCUT2D eigenvalue weighted by atomic mass is 16.6. The second-order valence-electron chi connectivity index (χ2n) is 17.9. The molecule has 0 aromatic heterocycles. The van der Waals surface area contributed by atoms with Crippen molar-refractivity contribution < 1.29 is 14.8 Å². The summed E-state index contributed by atoms with van der Waals surface area (Å²) in [6, 6.07) is 63.8. The molecule has 342 valence electrons. The number of rotatable bonds is 9. The summed E-state index contributed by atoms with van der Waals surface area (Å²) < 4.78 is 0. The highest BCUT2D eigenvalue weighted by Gasteiger charge is 2.43. The van der Waals surface area contributed by atoms with Crippen LogP contribution in [0, 0.1) is 30.3 Å². The van der Waals surface area contributed by atoms with Crippen LogP contribution < -0.4 is 16.0 Å². The Bertz CT molecular complexity index is 3970. The number of fused-ring (bicyclic) bond motifs is 18. The van der Waals surface area contributed by atoms with Gasteiger partial charge in [-0.15, -0.1) is 0 Å². The fourth-order valence-electron chi connectivity index (χ4n) is 11.0. The molecule has 0 fully saturated rings. The van der Waals surface area contributed by atoms with E-state index in [1.54, 1.807) is 36.4 Å². The summed E-state index contributed by atoms with van der Waals surface area (Å²) in [5, 5.41) is 67.3. The highest BCUT2D eigenvalue weighted by molar-refractivity contribution is 6.28. The second-order valence-corrected chi connectivity index (χ2v) is 17.9. The fraction of sp³-hybridized carbons (Fsp3) is 0. The van der Waals surface area contributed by atoms with Crippen LogP contribution in [0.1, 0.15) is 0 Å². The summed E-state index contributed by atoms with van der Waals surface area (Å²) in [5.74, 6) is 0. The molecule has 0 atom stereocenters. The summed E-state index contributed by atoms with van der Waals surface area (Å²) >= 11 is 0. The highest BCUT2D eigenvalue weighted by Crippen LogP contribution is 2.56. The first-order chi connectivity index (χ1) is 35.2. The van der Waals surface area contributed by atoms with Crippen LogP contribution >= 0.6 is 0 Å². The summed E-state index contributed by atoms with van der Waals surface area (Å²) in [5.41, 5.74) is -3.47. The standard InChI is InChI=1S/C60H36N6O6/c67-64(68)58-55(61-34-25-28-49-43-19-4-1-13-37(43)40-16-7-10-22-46(40)52(49)31-34)59(65(69)70)57(63-36-27-30-51-45-21-6-3-15-39(45)42-18-9-12-24-48(42)54(51)33-36)60(66(71)72)56(58)62-35-26-29-50-44-20-5-2-14-38(44)41-17-8-11-23-47(41)53(50)32-35/h1-33,61-63H. The number of nitrogens with zero attached hydrogens (tertiary/aromatic N) is 3. The third-order valence-corrected chi connectivity index (χ3v) is 14.0. The molecule has 13 aromatic carbocycles. The molecule has 0 radical (unpaired) electrons. The Morgan fingerprint density at radius 3 is 0.583 bits per heavy atom. The molecule has 13 aromatic rings. The Morgan fingerprint density at radius 2 is 0.403 bits per heavy atom. The van der Waals surface area contributed by atoms with Gasteiger partial charge >= 0.3 is 17.1 Å². The van der Waals surface area contributed by atoms with E-state index in [1.807, 2.05) is 146 Å². The third-order valence-electron chi connectivity index (χ3n) is 14.0. The van der Waals surface area contributed by atoms with Crippen molar-refractivity contribution in [2.45, 2.75) is 0 Å². The van der Waals surface area contributed by atoms with Gasteiger partial charge in [-0.25, -0.2) is 0 Å². The molecule has 3 N–H and O–H groups in total. The maximum Gasteiger partial charge on any atom is 0.330 e. The Morgan fingerprint density at radius 1 is 0.236 bits per heavy atom. The smallest absolute Gasteiger partial charge is 0.330 e. The minimum atomic E-state index is -0.887. The molecule has 0 spiro atoms. The zero-order valence-corrected chi connectivity index (χ0v) is 37.8. The van der Waals surface area contributed by atoms with Crippen LogP contribution in [0.4, 0.5) is 51.2 Å². The summed E-state index contributed by atoms with van der Waals surface area (Å²) in [7, 11) is 0. The molecule has 0 heterocycles. The van der Waals surface area contributed by atoms with Gasteiger partial charge in [-0.05, 0) is 133 Å². The van der Waals surface area contributed by atoms with E-state index in [0.29, 0.717) is 0 Å². The topological polar surface area (TPSA) is 166 Å². The van der Waals surface area contributed by atoms with Crippen LogP contribution in [-0.4, -0.2) is 14.8 Å². The van der Waals surface area contributed by atoms with Gasteiger partial charge in [0.15, 0.2) is 0 Å². The first-order valence-corrected chi connectivity index (χ1v) is 23.2. The Balaban J connectivity index is 1.07. The van der Waals surface area contributed by atoms with Gasteiger partial charge in [0.05, 0.1) is 14.8 Å². The molecule has 0 aliphatic carbocycles. The normalized spacial score (nSPS) is 11.7. The minimum absolute atomic E-state index is 0.285. The van der Waals surface area contributed by atoms with E-state index in [4.69, 9.17) is 0 Å². The molecule has 0 aliphatic rings. The van der Waals surface area contributed by atoms with Gasteiger partial charge in [-0.1, -0.05) is 164 Å². The maximum absolute atomic E-state index is 13.7. The molecule has 0 unspecified atom stereocenters. The first kappa shape index (κ1) is 41.9. The third kappa shape index (κ3) is 6.47. The minimum Gasteiger partial charge on any atom is -0.344 e. The van der Waals surface area contributed by atoms with Gasteiger partial charge in [0.1, 0.15) is 0 Å². The van der Waals surface area contributed by atoms with E-state index in [1.165, 1.54) is 0 Å². The number of nitrogens with one attached hydrogen (secondary N) is 3. The Hall–Kier alpha value is -10.2. The molecule has 0 saturated heterocycles. The summed E-state index contributed by atoms with van der Waals surface area (Å²) in [6.45, 7) is 0.